The highest BCUT2D eigenvalue weighted by Gasteiger charge is 2.18. The Bertz CT molecular complexity index is 772. The van der Waals surface area contributed by atoms with E-state index in [9.17, 15) is 4.79 Å². The third-order valence-electron chi connectivity index (χ3n) is 5.08. The molecule has 2 aromatic rings. The fourth-order valence-electron chi connectivity index (χ4n) is 3.44. The molecule has 0 radical (unpaired) electrons. The number of piperazine rings is 1. The van der Waals surface area contributed by atoms with Gasteiger partial charge in [0.05, 0.1) is 0 Å². The molecule has 0 aliphatic carbocycles. The predicted octanol–water partition coefficient (Wildman–Crippen LogP) is 3.93. The summed E-state index contributed by atoms with van der Waals surface area (Å²) in [5.41, 5.74) is 3.38. The third kappa shape index (κ3) is 5.94. The number of anilines is 1. The number of benzene rings is 2. The van der Waals surface area contributed by atoms with E-state index in [0.717, 1.165) is 48.3 Å². The number of hydrogen-bond acceptors (Lipinski definition) is 3. The summed E-state index contributed by atoms with van der Waals surface area (Å²) in [4.78, 5) is 17.3. The molecule has 1 atom stereocenters. The van der Waals surface area contributed by atoms with E-state index < -0.39 is 0 Å². The Morgan fingerprint density at radius 3 is 2.56 bits per heavy atom. The van der Waals surface area contributed by atoms with E-state index in [0.29, 0.717) is 0 Å². The van der Waals surface area contributed by atoms with Crippen molar-refractivity contribution in [2.45, 2.75) is 26.3 Å². The minimum atomic E-state index is 0.0188. The number of aryl methyl sites for hydroxylation is 1. The van der Waals surface area contributed by atoms with Crippen molar-refractivity contribution in [1.29, 1.82) is 0 Å². The Balaban J connectivity index is 1.41. The van der Waals surface area contributed by atoms with E-state index in [1.807, 2.05) is 24.3 Å². The average molecular weight is 477 g/mol. The molecule has 1 aliphatic heterocycles. The molecular formula is C22H28IN3O. The van der Waals surface area contributed by atoms with Crippen LogP contribution in [-0.2, 0) is 0 Å². The molecule has 144 valence electrons. The maximum atomic E-state index is 12.4. The SMILES string of the molecule is Cc1cccc(N2CCN(CCC(C)NC(=O)c3cccc(I)c3)CC2)c1. The van der Waals surface area contributed by atoms with Gasteiger partial charge in [0, 0.05) is 53.6 Å². The third-order valence-corrected chi connectivity index (χ3v) is 5.75. The zero-order chi connectivity index (χ0) is 19.2. The van der Waals surface area contributed by atoms with Crippen LogP contribution in [0.2, 0.25) is 0 Å². The quantitative estimate of drug-likeness (QED) is 0.641. The lowest BCUT2D eigenvalue weighted by Crippen LogP contribution is -2.47. The maximum Gasteiger partial charge on any atom is 0.251 e. The number of carbonyl (C=O) groups is 1. The van der Waals surface area contributed by atoms with Crippen LogP contribution in [0.3, 0.4) is 0 Å². The Morgan fingerprint density at radius 1 is 1.11 bits per heavy atom. The normalized spacial score (nSPS) is 16.2. The van der Waals surface area contributed by atoms with Gasteiger partial charge in [0.15, 0.2) is 0 Å². The van der Waals surface area contributed by atoms with Gasteiger partial charge in [-0.15, -0.1) is 0 Å². The summed E-state index contributed by atoms with van der Waals surface area (Å²) in [5.74, 6) is 0.0188. The highest BCUT2D eigenvalue weighted by molar-refractivity contribution is 14.1. The number of hydrogen-bond donors (Lipinski definition) is 1. The molecule has 3 rings (SSSR count). The van der Waals surface area contributed by atoms with E-state index in [4.69, 9.17) is 0 Å². The molecule has 1 heterocycles. The van der Waals surface area contributed by atoms with Crippen LogP contribution in [0.15, 0.2) is 48.5 Å². The zero-order valence-electron chi connectivity index (χ0n) is 16.1. The van der Waals surface area contributed by atoms with Crippen molar-refractivity contribution in [2.75, 3.05) is 37.6 Å². The van der Waals surface area contributed by atoms with Crippen molar-refractivity contribution < 1.29 is 4.79 Å². The highest BCUT2D eigenvalue weighted by Crippen LogP contribution is 2.18. The molecule has 1 aliphatic rings. The number of amides is 1. The second kappa shape index (κ2) is 9.55. The molecule has 2 aromatic carbocycles. The van der Waals surface area contributed by atoms with E-state index in [2.05, 4.69) is 75.8 Å². The van der Waals surface area contributed by atoms with Gasteiger partial charge in [-0.3, -0.25) is 9.69 Å². The van der Waals surface area contributed by atoms with Crippen molar-refractivity contribution in [3.8, 4) is 0 Å². The van der Waals surface area contributed by atoms with E-state index in [1.165, 1.54) is 11.3 Å². The lowest BCUT2D eigenvalue weighted by Gasteiger charge is -2.36. The van der Waals surface area contributed by atoms with Gasteiger partial charge in [0.2, 0.25) is 0 Å². The summed E-state index contributed by atoms with van der Waals surface area (Å²) in [6.07, 6.45) is 0.972. The number of nitrogens with one attached hydrogen (secondary N) is 1. The first kappa shape index (κ1) is 20.1. The highest BCUT2D eigenvalue weighted by atomic mass is 127. The molecule has 0 bridgehead atoms. The van der Waals surface area contributed by atoms with Crippen LogP contribution < -0.4 is 10.2 Å². The first-order valence-electron chi connectivity index (χ1n) is 9.61. The van der Waals surface area contributed by atoms with Crippen LogP contribution in [0.1, 0.15) is 29.3 Å². The minimum absolute atomic E-state index is 0.0188. The van der Waals surface area contributed by atoms with E-state index in [-0.39, 0.29) is 11.9 Å². The lowest BCUT2D eigenvalue weighted by atomic mass is 10.1. The molecule has 1 saturated heterocycles. The van der Waals surface area contributed by atoms with Crippen molar-refractivity contribution in [3.63, 3.8) is 0 Å². The van der Waals surface area contributed by atoms with Crippen molar-refractivity contribution in [1.82, 2.24) is 10.2 Å². The van der Waals surface area contributed by atoms with Gasteiger partial charge >= 0.3 is 0 Å². The van der Waals surface area contributed by atoms with Crippen LogP contribution in [0, 0.1) is 10.5 Å². The molecule has 4 nitrogen and oxygen atoms in total. The average Bonchev–Trinajstić information content (AvgIpc) is 2.67. The molecule has 0 saturated carbocycles. The molecule has 1 unspecified atom stereocenters. The number of halogens is 1. The van der Waals surface area contributed by atoms with E-state index in [1.54, 1.807) is 0 Å². The molecule has 0 spiro atoms. The Hall–Kier alpha value is -1.60. The van der Waals surface area contributed by atoms with Crippen LogP contribution in [0.25, 0.3) is 0 Å². The van der Waals surface area contributed by atoms with Gasteiger partial charge in [0.1, 0.15) is 0 Å². The van der Waals surface area contributed by atoms with Crippen molar-refractivity contribution >= 4 is 34.2 Å². The van der Waals surface area contributed by atoms with Gasteiger partial charge in [-0.2, -0.15) is 0 Å². The molecule has 1 N–H and O–H groups in total. The van der Waals surface area contributed by atoms with Crippen LogP contribution in [0.4, 0.5) is 5.69 Å². The summed E-state index contributed by atoms with van der Waals surface area (Å²) in [6.45, 7) is 9.53. The zero-order valence-corrected chi connectivity index (χ0v) is 18.3. The second-order valence-electron chi connectivity index (χ2n) is 7.34. The summed E-state index contributed by atoms with van der Waals surface area (Å²) in [5, 5.41) is 3.12. The predicted molar refractivity (Wildman–Crippen MR) is 121 cm³/mol. The monoisotopic (exact) mass is 477 g/mol. The molecular weight excluding hydrogens is 449 g/mol. The van der Waals surface area contributed by atoms with Gasteiger partial charge in [-0.1, -0.05) is 18.2 Å². The number of nitrogens with zero attached hydrogens (tertiary/aromatic N) is 2. The Morgan fingerprint density at radius 2 is 1.85 bits per heavy atom. The minimum Gasteiger partial charge on any atom is -0.369 e. The van der Waals surface area contributed by atoms with E-state index >= 15 is 0 Å². The first-order chi connectivity index (χ1) is 13.0. The molecule has 1 fully saturated rings. The smallest absolute Gasteiger partial charge is 0.251 e. The van der Waals surface area contributed by atoms with Crippen LogP contribution >= 0.6 is 22.6 Å². The molecule has 1 amide bonds. The van der Waals surface area contributed by atoms with Crippen LogP contribution in [-0.4, -0.2) is 49.6 Å². The summed E-state index contributed by atoms with van der Waals surface area (Å²) in [6, 6.07) is 16.6. The van der Waals surface area contributed by atoms with Crippen molar-refractivity contribution in [2.24, 2.45) is 0 Å². The van der Waals surface area contributed by atoms with Crippen molar-refractivity contribution in [3.05, 3.63) is 63.2 Å². The fourth-order valence-corrected chi connectivity index (χ4v) is 3.98. The standard InChI is InChI=1S/C22H28IN3O/c1-17-5-3-8-21(15-17)26-13-11-25(12-14-26)10-9-18(2)24-22(27)19-6-4-7-20(23)16-19/h3-8,15-16,18H,9-14H2,1-2H3,(H,24,27). The summed E-state index contributed by atoms with van der Waals surface area (Å²) < 4.78 is 1.08. The largest absolute Gasteiger partial charge is 0.369 e. The van der Waals surface area contributed by atoms with Gasteiger partial charge in [0.25, 0.3) is 5.91 Å². The van der Waals surface area contributed by atoms with Gasteiger partial charge in [-0.25, -0.2) is 0 Å². The fraction of sp³-hybridized carbons (Fsp3) is 0.409. The Labute approximate surface area is 176 Å². The second-order valence-corrected chi connectivity index (χ2v) is 8.59. The van der Waals surface area contributed by atoms with Crippen LogP contribution in [0.5, 0.6) is 0 Å². The summed E-state index contributed by atoms with van der Waals surface area (Å²) >= 11 is 2.24. The first-order valence-corrected chi connectivity index (χ1v) is 10.7. The summed E-state index contributed by atoms with van der Waals surface area (Å²) in [7, 11) is 0. The maximum absolute atomic E-state index is 12.4. The number of carbonyl (C=O) groups excluding carboxylic acids is 1. The molecule has 0 aromatic heterocycles. The van der Waals surface area contributed by atoms with Gasteiger partial charge in [-0.05, 0) is 78.8 Å². The number of rotatable bonds is 6. The molecule has 27 heavy (non-hydrogen) atoms. The van der Waals surface area contributed by atoms with Gasteiger partial charge < -0.3 is 10.2 Å². The Kier molecular flexibility index (Phi) is 7.13. The molecule has 5 heteroatoms. The lowest BCUT2D eigenvalue weighted by molar-refractivity contribution is 0.0935. The topological polar surface area (TPSA) is 35.6 Å².